The number of halogens is 3. The third kappa shape index (κ3) is 6.97. The summed E-state index contributed by atoms with van der Waals surface area (Å²) in [7, 11) is 4.05. The van der Waals surface area contributed by atoms with Crippen molar-refractivity contribution in [1.29, 1.82) is 0 Å². The predicted molar refractivity (Wildman–Crippen MR) is 174 cm³/mol. The summed E-state index contributed by atoms with van der Waals surface area (Å²) >= 11 is 7.12. The van der Waals surface area contributed by atoms with Crippen molar-refractivity contribution in [3.05, 3.63) is 96.0 Å². The van der Waals surface area contributed by atoms with Gasteiger partial charge >= 0.3 is 6.36 Å². The van der Waals surface area contributed by atoms with Crippen LogP contribution in [-0.4, -0.2) is 51.3 Å². The number of anilines is 2. The van der Waals surface area contributed by atoms with E-state index in [9.17, 15) is 13.2 Å². The highest BCUT2D eigenvalue weighted by Crippen LogP contribution is 2.44. The van der Waals surface area contributed by atoms with Crippen LogP contribution >= 0.6 is 24.0 Å². The molecule has 2 aliphatic rings. The van der Waals surface area contributed by atoms with E-state index in [1.807, 2.05) is 38.4 Å². The molecule has 1 saturated heterocycles. The summed E-state index contributed by atoms with van der Waals surface area (Å²) in [6.07, 6.45) is -0.981. The smallest absolute Gasteiger partial charge is 0.406 e. The number of rotatable bonds is 7. The number of aromatic nitrogens is 3. The largest absolute Gasteiger partial charge is 0.573 e. The number of amidine groups is 1. The first-order chi connectivity index (χ1) is 21.5. The van der Waals surface area contributed by atoms with Gasteiger partial charge in [0.15, 0.2) is 11.0 Å². The Labute approximate surface area is 267 Å². The SMILES string of the molecule is CC1C=C2CS/C(=N\C(=S)NOCc3ccc(-c4ncn(-c5ccc(OC(F)(F)F)cc5)n4)cc3)N2c2cc(N(C)C)ccc21. The Kier molecular flexibility index (Phi) is 8.53. The van der Waals surface area contributed by atoms with Crippen LogP contribution < -0.4 is 20.0 Å². The summed E-state index contributed by atoms with van der Waals surface area (Å²) in [5, 5.41) is 5.46. The maximum Gasteiger partial charge on any atom is 0.573 e. The van der Waals surface area contributed by atoms with Gasteiger partial charge < -0.3 is 9.64 Å². The first-order valence-electron chi connectivity index (χ1n) is 13.9. The summed E-state index contributed by atoms with van der Waals surface area (Å²) in [6.45, 7) is 2.45. The summed E-state index contributed by atoms with van der Waals surface area (Å²) in [5.74, 6) is 1.29. The number of alkyl halides is 3. The van der Waals surface area contributed by atoms with Gasteiger partial charge in [-0.15, -0.1) is 18.3 Å². The lowest BCUT2D eigenvalue weighted by Gasteiger charge is -2.31. The Bertz CT molecular complexity index is 1770. The standard InChI is InChI=1S/C31H28F3N7O2S2/c1-19-14-24-17-45-30(41(24)27-15-23(39(2)3)10-13-26(19)27)36-29(44)38-42-16-20-4-6-21(7-5-20)28-35-18-40(37-28)22-8-11-25(12-9-22)43-31(32,33)34/h4-15,18-19H,16-17H2,1-3H3,(H,38,44)/b36-30-. The zero-order chi connectivity index (χ0) is 31.7. The molecule has 1 fully saturated rings. The van der Waals surface area contributed by atoms with E-state index in [-0.39, 0.29) is 17.5 Å². The highest BCUT2D eigenvalue weighted by atomic mass is 32.2. The van der Waals surface area contributed by atoms with E-state index in [1.54, 1.807) is 11.8 Å². The van der Waals surface area contributed by atoms with Crippen LogP contribution in [0.25, 0.3) is 17.1 Å². The number of nitrogens with one attached hydrogen (secondary N) is 1. The second-order valence-corrected chi connectivity index (χ2v) is 11.9. The molecule has 1 unspecified atom stereocenters. The highest BCUT2D eigenvalue weighted by Gasteiger charge is 2.33. The lowest BCUT2D eigenvalue weighted by molar-refractivity contribution is -0.274. The molecule has 45 heavy (non-hydrogen) atoms. The van der Waals surface area contributed by atoms with Gasteiger partial charge in [-0.25, -0.2) is 15.1 Å². The monoisotopic (exact) mass is 651 g/mol. The van der Waals surface area contributed by atoms with Crippen molar-refractivity contribution in [3.63, 3.8) is 0 Å². The van der Waals surface area contributed by atoms with E-state index < -0.39 is 6.36 Å². The first-order valence-corrected chi connectivity index (χ1v) is 15.3. The molecule has 6 rings (SSSR count). The van der Waals surface area contributed by atoms with Crippen molar-refractivity contribution in [1.82, 2.24) is 20.2 Å². The van der Waals surface area contributed by atoms with Crippen molar-refractivity contribution in [3.8, 4) is 22.8 Å². The van der Waals surface area contributed by atoms with E-state index in [4.69, 9.17) is 17.1 Å². The predicted octanol–water partition coefficient (Wildman–Crippen LogP) is 6.82. The molecule has 1 atom stereocenters. The molecule has 4 aromatic rings. The molecule has 0 amide bonds. The average molecular weight is 652 g/mol. The molecule has 1 aromatic heterocycles. The van der Waals surface area contributed by atoms with Crippen LogP contribution in [-0.2, 0) is 11.4 Å². The van der Waals surface area contributed by atoms with E-state index in [0.717, 1.165) is 33.4 Å². The third-order valence-corrected chi connectivity index (χ3v) is 8.31. The number of thiocarbonyl (C=S) groups is 1. The molecule has 3 heterocycles. The highest BCUT2D eigenvalue weighted by molar-refractivity contribution is 8.14. The molecule has 2 aliphatic heterocycles. The molecule has 3 aromatic carbocycles. The van der Waals surface area contributed by atoms with Crippen LogP contribution in [0.15, 0.2) is 89.8 Å². The molecule has 0 radical (unpaired) electrons. The topological polar surface area (TPSA) is 80.0 Å². The Hall–Kier alpha value is -4.40. The van der Waals surface area contributed by atoms with E-state index in [2.05, 4.69) is 66.3 Å². The van der Waals surface area contributed by atoms with Crippen LogP contribution in [0.1, 0.15) is 24.0 Å². The van der Waals surface area contributed by atoms with Crippen molar-refractivity contribution < 1.29 is 22.7 Å². The number of ether oxygens (including phenoxy) is 1. The molecule has 0 bridgehead atoms. The molecule has 1 N–H and O–H groups in total. The van der Waals surface area contributed by atoms with E-state index >= 15 is 0 Å². The van der Waals surface area contributed by atoms with Gasteiger partial charge in [-0.2, -0.15) is 4.99 Å². The van der Waals surface area contributed by atoms with Gasteiger partial charge in [0, 0.05) is 42.7 Å². The van der Waals surface area contributed by atoms with Gasteiger partial charge in [0.05, 0.1) is 18.0 Å². The number of aliphatic imine (C=N–C) groups is 1. The Balaban J connectivity index is 1.05. The summed E-state index contributed by atoms with van der Waals surface area (Å²) in [5.41, 5.74) is 9.65. The second kappa shape index (κ2) is 12.5. The lowest BCUT2D eigenvalue weighted by atomic mass is 9.93. The molecule has 0 spiro atoms. The normalized spacial score (nSPS) is 16.7. The van der Waals surface area contributed by atoms with Gasteiger partial charge in [-0.1, -0.05) is 55.1 Å². The van der Waals surface area contributed by atoms with Gasteiger partial charge in [-0.3, -0.25) is 9.74 Å². The molecule has 14 heteroatoms. The first kappa shape index (κ1) is 30.6. The number of hydrogen-bond acceptors (Lipinski definition) is 7. The van der Waals surface area contributed by atoms with Crippen molar-refractivity contribution in [2.24, 2.45) is 4.99 Å². The molecule has 0 aliphatic carbocycles. The second-order valence-electron chi connectivity index (χ2n) is 10.5. The minimum absolute atomic E-state index is 0.229. The van der Waals surface area contributed by atoms with Gasteiger partial charge in [0.2, 0.25) is 5.11 Å². The average Bonchev–Trinajstić information content (AvgIpc) is 3.65. The summed E-state index contributed by atoms with van der Waals surface area (Å²) in [6, 6.07) is 19.4. The fraction of sp³-hybridized carbons (Fsp3) is 0.226. The maximum atomic E-state index is 12.4. The number of nitrogens with zero attached hydrogens (tertiary/aromatic N) is 6. The number of hydrogen-bond donors (Lipinski definition) is 1. The summed E-state index contributed by atoms with van der Waals surface area (Å²) in [4.78, 5) is 18.9. The van der Waals surface area contributed by atoms with E-state index in [0.29, 0.717) is 17.4 Å². The minimum atomic E-state index is -4.75. The van der Waals surface area contributed by atoms with Crippen molar-refractivity contribution in [2.75, 3.05) is 29.6 Å². The maximum absolute atomic E-state index is 12.4. The zero-order valence-electron chi connectivity index (χ0n) is 24.4. The third-order valence-electron chi connectivity index (χ3n) is 7.17. The van der Waals surface area contributed by atoms with Crippen LogP contribution in [0.3, 0.4) is 0 Å². The molecule has 0 saturated carbocycles. The Morgan fingerprint density at radius 2 is 1.87 bits per heavy atom. The molecular formula is C31H28F3N7O2S2. The Morgan fingerprint density at radius 3 is 2.58 bits per heavy atom. The fourth-order valence-corrected chi connectivity index (χ4v) is 6.19. The molecule has 9 nitrogen and oxygen atoms in total. The quantitative estimate of drug-likeness (QED) is 0.171. The number of allylic oxidation sites excluding steroid dienone is 1. The molecular weight excluding hydrogens is 624 g/mol. The van der Waals surface area contributed by atoms with Crippen molar-refractivity contribution >= 4 is 45.6 Å². The zero-order valence-corrected chi connectivity index (χ0v) is 26.1. The lowest BCUT2D eigenvalue weighted by Crippen LogP contribution is -2.29. The number of hydroxylamine groups is 1. The number of thioether (sulfide) groups is 1. The van der Waals surface area contributed by atoms with Gasteiger partial charge in [0.25, 0.3) is 0 Å². The van der Waals surface area contributed by atoms with Crippen LogP contribution in [0.5, 0.6) is 5.75 Å². The van der Waals surface area contributed by atoms with Gasteiger partial charge in [0.1, 0.15) is 12.1 Å². The Morgan fingerprint density at radius 1 is 1.11 bits per heavy atom. The van der Waals surface area contributed by atoms with E-state index in [1.165, 1.54) is 46.5 Å². The van der Waals surface area contributed by atoms with Crippen molar-refractivity contribution in [2.45, 2.75) is 25.8 Å². The number of fused-ring (bicyclic) bond motifs is 3. The minimum Gasteiger partial charge on any atom is -0.406 e. The molecule has 232 valence electrons. The van der Waals surface area contributed by atoms with Crippen LogP contribution in [0, 0.1) is 0 Å². The van der Waals surface area contributed by atoms with Gasteiger partial charge in [-0.05, 0) is 59.7 Å². The van der Waals surface area contributed by atoms with Crippen LogP contribution in [0.2, 0.25) is 0 Å². The number of benzene rings is 3. The fourth-order valence-electron chi connectivity index (χ4n) is 4.98. The van der Waals surface area contributed by atoms with Crippen LogP contribution in [0.4, 0.5) is 24.5 Å². The summed E-state index contributed by atoms with van der Waals surface area (Å²) < 4.78 is 42.6.